The highest BCUT2D eigenvalue weighted by Gasteiger charge is 2.11. The Morgan fingerprint density at radius 1 is 1.35 bits per heavy atom. The van der Waals surface area contributed by atoms with Crippen LogP contribution in [0.2, 0.25) is 10.0 Å². The fourth-order valence-electron chi connectivity index (χ4n) is 1.81. The summed E-state index contributed by atoms with van der Waals surface area (Å²) in [4.78, 5) is 19.1. The lowest BCUT2D eigenvalue weighted by molar-refractivity contribution is 0.0691. The van der Waals surface area contributed by atoms with Gasteiger partial charge in [-0.3, -0.25) is 0 Å². The third-order valence-electron chi connectivity index (χ3n) is 2.74. The summed E-state index contributed by atoms with van der Waals surface area (Å²) in [6.45, 7) is 0.437. The maximum atomic E-state index is 10.8. The smallest absolute Gasteiger partial charge is 0.355 e. The number of carboxylic acids is 1. The number of thiazole rings is 1. The van der Waals surface area contributed by atoms with Crippen LogP contribution < -0.4 is 0 Å². The topological polar surface area (TPSA) is 68.0 Å². The molecular formula is C12H7Cl2N3O2S. The Morgan fingerprint density at radius 2 is 2.10 bits per heavy atom. The van der Waals surface area contributed by atoms with E-state index in [4.69, 9.17) is 28.3 Å². The molecule has 2 aromatic heterocycles. The van der Waals surface area contributed by atoms with Crippen LogP contribution in [0.4, 0.5) is 0 Å². The molecular weight excluding hydrogens is 321 g/mol. The first-order valence-electron chi connectivity index (χ1n) is 5.52. The van der Waals surface area contributed by atoms with Crippen LogP contribution in [-0.2, 0) is 6.54 Å². The number of nitrogens with zero attached hydrogens (tertiary/aromatic N) is 3. The molecule has 3 aromatic rings. The number of hydrogen-bond donors (Lipinski definition) is 1. The number of carbonyl (C=O) groups is 1. The van der Waals surface area contributed by atoms with Gasteiger partial charge in [-0.1, -0.05) is 23.2 Å². The molecule has 0 aliphatic heterocycles. The van der Waals surface area contributed by atoms with E-state index in [1.54, 1.807) is 18.5 Å². The predicted octanol–water partition coefficient (Wildman–Crippen LogP) is 3.55. The Labute approximate surface area is 127 Å². The predicted molar refractivity (Wildman–Crippen MR) is 77.9 cm³/mol. The van der Waals surface area contributed by atoms with Crippen LogP contribution in [0.15, 0.2) is 23.8 Å². The minimum absolute atomic E-state index is 0.0514. The van der Waals surface area contributed by atoms with E-state index in [1.807, 2.05) is 4.57 Å². The van der Waals surface area contributed by atoms with Gasteiger partial charge in [0.1, 0.15) is 5.01 Å². The van der Waals surface area contributed by atoms with E-state index < -0.39 is 5.97 Å². The van der Waals surface area contributed by atoms with Gasteiger partial charge in [-0.15, -0.1) is 11.3 Å². The highest BCUT2D eigenvalue weighted by atomic mass is 35.5. The zero-order valence-electron chi connectivity index (χ0n) is 9.88. The number of hydrogen-bond acceptors (Lipinski definition) is 4. The number of fused-ring (bicyclic) bond motifs is 1. The van der Waals surface area contributed by atoms with E-state index in [0.717, 1.165) is 11.0 Å². The molecule has 0 bridgehead atoms. The fraction of sp³-hybridized carbons (Fsp3) is 0.0833. The molecule has 0 radical (unpaired) electrons. The molecule has 0 spiro atoms. The van der Waals surface area contributed by atoms with Gasteiger partial charge >= 0.3 is 5.97 Å². The van der Waals surface area contributed by atoms with Crippen molar-refractivity contribution in [3.05, 3.63) is 44.6 Å². The fourth-order valence-corrected chi connectivity index (χ4v) is 2.89. The van der Waals surface area contributed by atoms with E-state index in [-0.39, 0.29) is 5.69 Å². The summed E-state index contributed by atoms with van der Waals surface area (Å²) < 4.78 is 1.85. The van der Waals surface area contributed by atoms with Crippen molar-refractivity contribution in [1.29, 1.82) is 0 Å². The lowest BCUT2D eigenvalue weighted by atomic mass is 10.3. The molecule has 5 nitrogen and oxygen atoms in total. The van der Waals surface area contributed by atoms with E-state index in [0.29, 0.717) is 21.6 Å². The summed E-state index contributed by atoms with van der Waals surface area (Å²) in [5.41, 5.74) is 1.61. The van der Waals surface area contributed by atoms with Gasteiger partial charge in [0.05, 0.1) is 34.0 Å². The van der Waals surface area contributed by atoms with Crippen molar-refractivity contribution < 1.29 is 9.90 Å². The maximum absolute atomic E-state index is 10.8. The van der Waals surface area contributed by atoms with Crippen LogP contribution in [0.3, 0.4) is 0 Å². The third-order valence-corrected chi connectivity index (χ3v) is 4.30. The molecule has 1 aromatic carbocycles. The SMILES string of the molecule is O=C(O)c1csc(Cn2cnc3cc(Cl)c(Cl)cc32)n1. The Balaban J connectivity index is 1.98. The molecule has 20 heavy (non-hydrogen) atoms. The van der Waals surface area contributed by atoms with Crippen LogP contribution in [0.25, 0.3) is 11.0 Å². The van der Waals surface area contributed by atoms with Crippen molar-refractivity contribution in [3.63, 3.8) is 0 Å². The highest BCUT2D eigenvalue weighted by molar-refractivity contribution is 7.09. The van der Waals surface area contributed by atoms with E-state index in [2.05, 4.69) is 9.97 Å². The second-order valence-corrected chi connectivity index (χ2v) is 5.82. The number of aromatic carboxylic acids is 1. The van der Waals surface area contributed by atoms with Crippen molar-refractivity contribution in [1.82, 2.24) is 14.5 Å². The Kier molecular flexibility index (Phi) is 3.37. The Bertz CT molecular complexity index is 812. The van der Waals surface area contributed by atoms with Crippen LogP contribution >= 0.6 is 34.5 Å². The van der Waals surface area contributed by atoms with Gasteiger partial charge < -0.3 is 9.67 Å². The summed E-state index contributed by atoms with van der Waals surface area (Å²) in [6.07, 6.45) is 1.65. The Hall–Kier alpha value is -1.63. The number of halogens is 2. The molecule has 0 amide bonds. The first-order chi connectivity index (χ1) is 9.54. The van der Waals surface area contributed by atoms with Gasteiger partial charge in [0.25, 0.3) is 0 Å². The van der Waals surface area contributed by atoms with Crippen molar-refractivity contribution >= 4 is 51.5 Å². The lowest BCUT2D eigenvalue weighted by Gasteiger charge is -2.02. The number of imidazole rings is 1. The average molecular weight is 328 g/mol. The number of aromatic nitrogens is 3. The molecule has 2 heterocycles. The van der Waals surface area contributed by atoms with E-state index >= 15 is 0 Å². The summed E-state index contributed by atoms with van der Waals surface area (Å²) in [7, 11) is 0. The number of rotatable bonds is 3. The number of carboxylic acid groups (broad SMARTS) is 1. The molecule has 0 aliphatic rings. The second kappa shape index (κ2) is 5.05. The molecule has 1 N–H and O–H groups in total. The van der Waals surface area contributed by atoms with E-state index in [9.17, 15) is 4.79 Å². The highest BCUT2D eigenvalue weighted by Crippen LogP contribution is 2.27. The molecule has 0 fully saturated rings. The summed E-state index contributed by atoms with van der Waals surface area (Å²) in [6, 6.07) is 3.43. The van der Waals surface area contributed by atoms with Gasteiger partial charge in [-0.25, -0.2) is 14.8 Å². The summed E-state index contributed by atoms with van der Waals surface area (Å²) in [5.74, 6) is -1.03. The van der Waals surface area contributed by atoms with Gasteiger partial charge in [0.2, 0.25) is 0 Å². The van der Waals surface area contributed by atoms with Gasteiger partial charge in [0.15, 0.2) is 5.69 Å². The van der Waals surface area contributed by atoms with Gasteiger partial charge in [-0.2, -0.15) is 0 Å². The normalized spacial score (nSPS) is 11.1. The molecule has 0 saturated heterocycles. The van der Waals surface area contributed by atoms with Crippen molar-refractivity contribution in [3.8, 4) is 0 Å². The minimum Gasteiger partial charge on any atom is -0.476 e. The molecule has 102 valence electrons. The standard InChI is InChI=1S/C12H7Cl2N3O2S/c13-6-1-8-10(2-7(6)14)17(5-15-8)3-11-16-9(4-20-11)12(18)19/h1-2,4-5H,3H2,(H,18,19). The van der Waals surface area contributed by atoms with Crippen LogP contribution in [-0.4, -0.2) is 25.6 Å². The van der Waals surface area contributed by atoms with Gasteiger partial charge in [0, 0.05) is 5.38 Å². The zero-order chi connectivity index (χ0) is 14.3. The second-order valence-electron chi connectivity index (χ2n) is 4.06. The monoisotopic (exact) mass is 327 g/mol. The molecule has 0 atom stereocenters. The minimum atomic E-state index is -1.03. The van der Waals surface area contributed by atoms with Crippen LogP contribution in [0.1, 0.15) is 15.5 Å². The third kappa shape index (κ3) is 2.37. The van der Waals surface area contributed by atoms with Crippen LogP contribution in [0.5, 0.6) is 0 Å². The average Bonchev–Trinajstić information content (AvgIpc) is 3.00. The molecule has 0 unspecified atom stereocenters. The van der Waals surface area contributed by atoms with Gasteiger partial charge in [-0.05, 0) is 12.1 Å². The van der Waals surface area contributed by atoms with Crippen molar-refractivity contribution in [2.75, 3.05) is 0 Å². The quantitative estimate of drug-likeness (QED) is 0.798. The largest absolute Gasteiger partial charge is 0.476 e. The Morgan fingerprint density at radius 3 is 2.80 bits per heavy atom. The lowest BCUT2D eigenvalue weighted by Crippen LogP contribution is -2.00. The first-order valence-corrected chi connectivity index (χ1v) is 7.16. The molecule has 0 aliphatic carbocycles. The summed E-state index contributed by atoms with van der Waals surface area (Å²) >= 11 is 13.2. The van der Waals surface area contributed by atoms with Crippen molar-refractivity contribution in [2.45, 2.75) is 6.54 Å². The zero-order valence-corrected chi connectivity index (χ0v) is 12.2. The van der Waals surface area contributed by atoms with Crippen LogP contribution in [0, 0.1) is 0 Å². The number of benzene rings is 1. The maximum Gasteiger partial charge on any atom is 0.355 e. The first kappa shape index (κ1) is 13.4. The van der Waals surface area contributed by atoms with Crippen molar-refractivity contribution in [2.24, 2.45) is 0 Å². The summed E-state index contributed by atoms with van der Waals surface area (Å²) in [5, 5.41) is 12.0. The van der Waals surface area contributed by atoms with E-state index in [1.165, 1.54) is 16.7 Å². The molecule has 3 rings (SSSR count). The molecule has 8 heteroatoms. The molecule has 0 saturated carbocycles.